The fourth-order valence-electron chi connectivity index (χ4n) is 4.94. The van der Waals surface area contributed by atoms with E-state index in [1.54, 1.807) is 0 Å². The molecule has 0 saturated heterocycles. The lowest BCUT2D eigenvalue weighted by Crippen LogP contribution is -2.36. The van der Waals surface area contributed by atoms with Crippen LogP contribution in [0.5, 0.6) is 0 Å². The average Bonchev–Trinajstić information content (AvgIpc) is 3.44. The second kappa shape index (κ2) is 11.2. The zero-order valence-electron chi connectivity index (χ0n) is 19.0. The normalized spacial score (nSPS) is 18.7. The van der Waals surface area contributed by atoms with Crippen LogP contribution in [0.15, 0.2) is 48.5 Å². The lowest BCUT2D eigenvalue weighted by molar-refractivity contribution is -0.143. The number of fused-ring (bicyclic) bond motifs is 3. The number of benzene rings is 2. The van der Waals surface area contributed by atoms with Gasteiger partial charge in [0.05, 0.1) is 12.5 Å². The minimum absolute atomic E-state index is 0.00121. The molecule has 0 heterocycles. The van der Waals surface area contributed by atoms with Crippen LogP contribution >= 0.6 is 0 Å². The second-order valence-corrected chi connectivity index (χ2v) is 8.74. The molecule has 34 heavy (non-hydrogen) atoms. The Morgan fingerprint density at radius 3 is 2.29 bits per heavy atom. The maximum Gasteiger partial charge on any atom is 0.407 e. The molecule has 2 aliphatic rings. The fourth-order valence-corrected chi connectivity index (χ4v) is 4.94. The highest BCUT2D eigenvalue weighted by atomic mass is 16.5. The zero-order chi connectivity index (χ0) is 23.9. The second-order valence-electron chi connectivity index (χ2n) is 8.74. The Labute approximate surface area is 198 Å². The van der Waals surface area contributed by atoms with Crippen molar-refractivity contribution in [3.05, 3.63) is 59.7 Å². The number of carboxylic acid groups (broad SMARTS) is 1. The Kier molecular flexibility index (Phi) is 7.80. The first-order chi connectivity index (χ1) is 16.5. The summed E-state index contributed by atoms with van der Waals surface area (Å²) in [5, 5.41) is 14.6. The summed E-state index contributed by atoms with van der Waals surface area (Å²) in [6.07, 6.45) is 1.81. The van der Waals surface area contributed by atoms with Crippen LogP contribution in [0.4, 0.5) is 4.79 Å². The van der Waals surface area contributed by atoms with Crippen molar-refractivity contribution in [3.8, 4) is 11.1 Å². The molecule has 1 saturated carbocycles. The lowest BCUT2D eigenvalue weighted by Gasteiger charge is -2.16. The number of ether oxygens (including phenoxy) is 2. The van der Waals surface area contributed by atoms with Crippen LogP contribution in [-0.2, 0) is 19.1 Å². The number of carboxylic acids is 1. The minimum Gasteiger partial charge on any atom is -0.481 e. The first-order valence-electron chi connectivity index (χ1n) is 11.7. The predicted molar refractivity (Wildman–Crippen MR) is 125 cm³/mol. The standard InChI is InChI=1S/C26H30N2O6/c29-24(28-14-17-6-5-11-18(17)25(30)31)16-33-13-12-27-26(32)34-15-23-21-9-3-1-7-19(21)20-8-2-4-10-22(20)23/h1-4,7-10,17-18,23H,5-6,11-16H2,(H,27,32)(H,28,29)(H,30,31)/t17-,18-/m1/s1. The van der Waals surface area contributed by atoms with Gasteiger partial charge in [-0.3, -0.25) is 9.59 Å². The van der Waals surface area contributed by atoms with E-state index in [9.17, 15) is 19.5 Å². The molecule has 0 spiro atoms. The number of nitrogens with one attached hydrogen (secondary N) is 2. The van der Waals surface area contributed by atoms with Crippen molar-refractivity contribution in [2.45, 2.75) is 25.2 Å². The quantitative estimate of drug-likeness (QED) is 0.464. The maximum atomic E-state index is 12.1. The summed E-state index contributed by atoms with van der Waals surface area (Å²) in [5.41, 5.74) is 4.65. The van der Waals surface area contributed by atoms with E-state index in [1.807, 2.05) is 24.3 Å². The molecule has 0 unspecified atom stereocenters. The topological polar surface area (TPSA) is 114 Å². The number of alkyl carbamates (subject to hydrolysis) is 1. The SMILES string of the molecule is O=C(COCCNC(=O)OCC1c2ccccc2-c2ccccc21)NC[C@H]1CCC[C@H]1C(=O)O. The van der Waals surface area contributed by atoms with Crippen LogP contribution in [0.3, 0.4) is 0 Å². The lowest BCUT2D eigenvalue weighted by atomic mass is 9.96. The van der Waals surface area contributed by atoms with E-state index >= 15 is 0 Å². The molecule has 8 heteroatoms. The van der Waals surface area contributed by atoms with E-state index in [4.69, 9.17) is 9.47 Å². The largest absolute Gasteiger partial charge is 0.481 e. The van der Waals surface area contributed by atoms with Crippen LogP contribution in [0.2, 0.25) is 0 Å². The van der Waals surface area contributed by atoms with Crippen molar-refractivity contribution in [2.24, 2.45) is 11.8 Å². The van der Waals surface area contributed by atoms with E-state index in [2.05, 4.69) is 34.9 Å². The minimum atomic E-state index is -0.799. The maximum absolute atomic E-state index is 12.1. The van der Waals surface area contributed by atoms with Gasteiger partial charge in [0, 0.05) is 19.0 Å². The van der Waals surface area contributed by atoms with E-state index in [-0.39, 0.29) is 50.0 Å². The Morgan fingerprint density at radius 2 is 1.62 bits per heavy atom. The van der Waals surface area contributed by atoms with Crippen LogP contribution in [0.1, 0.15) is 36.3 Å². The molecule has 2 atom stereocenters. The van der Waals surface area contributed by atoms with Gasteiger partial charge >= 0.3 is 12.1 Å². The van der Waals surface area contributed by atoms with Gasteiger partial charge < -0.3 is 25.2 Å². The van der Waals surface area contributed by atoms with Gasteiger partial charge in [-0.1, -0.05) is 55.0 Å². The molecule has 0 aromatic heterocycles. The Balaban J connectivity index is 1.12. The summed E-state index contributed by atoms with van der Waals surface area (Å²) in [4.78, 5) is 35.3. The Morgan fingerprint density at radius 1 is 0.941 bits per heavy atom. The van der Waals surface area contributed by atoms with Crippen molar-refractivity contribution in [3.63, 3.8) is 0 Å². The zero-order valence-corrected chi connectivity index (χ0v) is 19.0. The van der Waals surface area contributed by atoms with Crippen molar-refractivity contribution in [1.82, 2.24) is 10.6 Å². The molecule has 2 amide bonds. The summed E-state index contributed by atoms with van der Waals surface area (Å²) >= 11 is 0. The summed E-state index contributed by atoms with van der Waals surface area (Å²) < 4.78 is 10.8. The number of aliphatic carboxylic acids is 1. The van der Waals surface area contributed by atoms with Crippen molar-refractivity contribution >= 4 is 18.0 Å². The smallest absolute Gasteiger partial charge is 0.407 e. The summed E-state index contributed by atoms with van der Waals surface area (Å²) in [6.45, 7) is 0.822. The molecule has 0 bridgehead atoms. The fraction of sp³-hybridized carbons (Fsp3) is 0.423. The number of carbonyl (C=O) groups is 3. The highest BCUT2D eigenvalue weighted by Crippen LogP contribution is 2.44. The van der Waals surface area contributed by atoms with Gasteiger partial charge in [-0.05, 0) is 41.0 Å². The van der Waals surface area contributed by atoms with Gasteiger partial charge in [-0.15, -0.1) is 0 Å². The average molecular weight is 467 g/mol. The van der Waals surface area contributed by atoms with Crippen molar-refractivity contribution in [1.29, 1.82) is 0 Å². The molecule has 3 N–H and O–H groups in total. The Hall–Kier alpha value is -3.39. The monoisotopic (exact) mass is 466 g/mol. The summed E-state index contributed by atoms with van der Waals surface area (Å²) in [5.74, 6) is -1.51. The van der Waals surface area contributed by atoms with E-state index in [0.717, 1.165) is 24.0 Å². The van der Waals surface area contributed by atoms with Crippen LogP contribution in [0.25, 0.3) is 11.1 Å². The summed E-state index contributed by atoms with van der Waals surface area (Å²) in [6, 6.07) is 16.3. The molecule has 8 nitrogen and oxygen atoms in total. The number of hydrogen-bond donors (Lipinski definition) is 3. The third-order valence-electron chi connectivity index (χ3n) is 6.63. The number of amides is 2. The molecular weight excluding hydrogens is 436 g/mol. The highest BCUT2D eigenvalue weighted by molar-refractivity contribution is 5.79. The first-order valence-corrected chi connectivity index (χ1v) is 11.7. The third-order valence-corrected chi connectivity index (χ3v) is 6.63. The summed E-state index contributed by atoms with van der Waals surface area (Å²) in [7, 11) is 0. The van der Waals surface area contributed by atoms with Gasteiger partial charge in [-0.2, -0.15) is 0 Å². The van der Waals surface area contributed by atoms with Crippen LogP contribution in [0, 0.1) is 11.8 Å². The van der Waals surface area contributed by atoms with Gasteiger partial charge in [0.2, 0.25) is 5.91 Å². The molecule has 2 aromatic carbocycles. The molecule has 180 valence electrons. The van der Waals surface area contributed by atoms with Gasteiger partial charge in [0.15, 0.2) is 0 Å². The van der Waals surface area contributed by atoms with Crippen LogP contribution < -0.4 is 10.6 Å². The highest BCUT2D eigenvalue weighted by Gasteiger charge is 2.33. The van der Waals surface area contributed by atoms with E-state index < -0.39 is 12.1 Å². The molecule has 2 aromatic rings. The molecule has 0 aliphatic heterocycles. The molecular formula is C26H30N2O6. The van der Waals surface area contributed by atoms with Crippen LogP contribution in [-0.4, -0.2) is 56.0 Å². The predicted octanol–water partition coefficient (Wildman–Crippen LogP) is 3.16. The number of rotatable bonds is 10. The van der Waals surface area contributed by atoms with Gasteiger partial charge in [0.25, 0.3) is 0 Å². The Bertz CT molecular complexity index is 994. The van der Waals surface area contributed by atoms with Gasteiger partial charge in [0.1, 0.15) is 13.2 Å². The van der Waals surface area contributed by atoms with Crippen molar-refractivity contribution < 1.29 is 29.0 Å². The van der Waals surface area contributed by atoms with Crippen molar-refractivity contribution in [2.75, 3.05) is 32.9 Å². The third kappa shape index (κ3) is 5.56. The number of carbonyl (C=O) groups excluding carboxylic acids is 2. The van der Waals surface area contributed by atoms with E-state index in [0.29, 0.717) is 13.0 Å². The van der Waals surface area contributed by atoms with Gasteiger partial charge in [-0.25, -0.2) is 4.79 Å². The first kappa shape index (κ1) is 23.8. The van der Waals surface area contributed by atoms with E-state index in [1.165, 1.54) is 11.1 Å². The molecule has 2 aliphatic carbocycles. The number of hydrogen-bond acceptors (Lipinski definition) is 5. The molecule has 1 fully saturated rings. The molecule has 4 rings (SSSR count). The molecule has 0 radical (unpaired) electrons.